The van der Waals surface area contributed by atoms with Crippen LogP contribution in [0.2, 0.25) is 0 Å². The van der Waals surface area contributed by atoms with Gasteiger partial charge in [0.05, 0.1) is 0 Å². The van der Waals surface area contributed by atoms with Crippen LogP contribution in [0.15, 0.2) is 12.1 Å². The molecule has 1 nitrogen and oxygen atoms in total. The zero-order chi connectivity index (χ0) is 13.7. The molecule has 0 aromatic heterocycles. The Morgan fingerprint density at radius 1 is 1.11 bits per heavy atom. The molecule has 0 N–H and O–H groups in total. The molecule has 1 aromatic rings. The minimum absolute atomic E-state index is 0.979. The molecule has 1 rings (SSSR count). The van der Waals surface area contributed by atoms with E-state index >= 15 is 0 Å². The second-order valence-electron chi connectivity index (χ2n) is 4.60. The largest absolute Gasteiger partial charge is 0.358 e. The smallest absolute Gasteiger partial charge is 0.136 e. The average Bonchev–Trinajstić information content (AvgIpc) is 2.29. The van der Waals surface area contributed by atoms with Crippen LogP contribution in [-0.2, 0) is 5.75 Å². The number of benzene rings is 1. The molecular weight excluding hydrogens is 258 g/mol. The summed E-state index contributed by atoms with van der Waals surface area (Å²) in [6.45, 7) is 12.8. The molecule has 0 saturated carbocycles. The number of thiocarbonyl (C=S) groups is 1. The maximum atomic E-state index is 5.47. The van der Waals surface area contributed by atoms with Gasteiger partial charge in [0, 0.05) is 18.8 Å². The zero-order valence-electron chi connectivity index (χ0n) is 12.0. The van der Waals surface area contributed by atoms with Gasteiger partial charge in [-0.3, -0.25) is 0 Å². The SMILES string of the molecule is CCN(CC)C(=S)SCc1c(C)cc(C)cc1C. The molecule has 0 aliphatic carbocycles. The van der Waals surface area contributed by atoms with Gasteiger partial charge in [-0.15, -0.1) is 0 Å². The molecule has 1 aromatic carbocycles. The molecule has 0 heterocycles. The molecule has 0 atom stereocenters. The van der Waals surface area contributed by atoms with Crippen LogP contribution in [0.5, 0.6) is 0 Å². The third-order valence-corrected chi connectivity index (χ3v) is 4.75. The first-order chi connectivity index (χ1) is 8.49. The van der Waals surface area contributed by atoms with Crippen molar-refractivity contribution in [3.05, 3.63) is 34.4 Å². The van der Waals surface area contributed by atoms with E-state index < -0.39 is 0 Å². The quantitative estimate of drug-likeness (QED) is 0.750. The summed E-state index contributed by atoms with van der Waals surface area (Å²) in [5.41, 5.74) is 5.52. The predicted molar refractivity (Wildman–Crippen MR) is 87.5 cm³/mol. The molecule has 0 amide bonds. The highest BCUT2D eigenvalue weighted by Gasteiger charge is 2.09. The van der Waals surface area contributed by atoms with Crippen LogP contribution in [0.25, 0.3) is 0 Å². The van der Waals surface area contributed by atoms with Gasteiger partial charge in [0.15, 0.2) is 0 Å². The van der Waals surface area contributed by atoms with E-state index in [1.807, 2.05) is 0 Å². The first-order valence-electron chi connectivity index (χ1n) is 6.48. The number of rotatable bonds is 4. The third kappa shape index (κ3) is 3.99. The number of hydrogen-bond acceptors (Lipinski definition) is 2. The summed E-state index contributed by atoms with van der Waals surface area (Å²) in [6.07, 6.45) is 0. The van der Waals surface area contributed by atoms with Gasteiger partial charge in [-0.1, -0.05) is 41.7 Å². The fourth-order valence-corrected chi connectivity index (χ4v) is 3.74. The lowest BCUT2D eigenvalue weighted by Gasteiger charge is -2.21. The van der Waals surface area contributed by atoms with Crippen LogP contribution in [0.4, 0.5) is 0 Å². The number of hydrogen-bond donors (Lipinski definition) is 0. The molecule has 0 unspecified atom stereocenters. The Kier molecular flexibility index (Phi) is 6.16. The van der Waals surface area contributed by atoms with Crippen LogP contribution >= 0.6 is 24.0 Å². The Morgan fingerprint density at radius 2 is 1.61 bits per heavy atom. The topological polar surface area (TPSA) is 3.24 Å². The van der Waals surface area contributed by atoms with Crippen LogP contribution in [0, 0.1) is 20.8 Å². The predicted octanol–water partition coefficient (Wildman–Crippen LogP) is 4.47. The van der Waals surface area contributed by atoms with Crippen molar-refractivity contribution in [1.29, 1.82) is 0 Å². The Balaban J connectivity index is 2.72. The summed E-state index contributed by atoms with van der Waals surface area (Å²) in [5.74, 6) is 0.979. The van der Waals surface area contributed by atoms with Gasteiger partial charge in [-0.2, -0.15) is 0 Å². The molecule has 0 fully saturated rings. The van der Waals surface area contributed by atoms with Crippen LogP contribution in [0.3, 0.4) is 0 Å². The zero-order valence-corrected chi connectivity index (χ0v) is 13.7. The van der Waals surface area contributed by atoms with Crippen molar-refractivity contribution in [2.75, 3.05) is 13.1 Å². The molecule has 0 radical (unpaired) electrons. The fraction of sp³-hybridized carbons (Fsp3) is 0.533. The summed E-state index contributed by atoms with van der Waals surface area (Å²) in [6, 6.07) is 4.51. The van der Waals surface area contributed by atoms with Gasteiger partial charge in [0.2, 0.25) is 0 Å². The summed E-state index contributed by atoms with van der Waals surface area (Å²) in [7, 11) is 0. The van der Waals surface area contributed by atoms with E-state index in [1.54, 1.807) is 11.8 Å². The lowest BCUT2D eigenvalue weighted by molar-refractivity contribution is 0.482. The van der Waals surface area contributed by atoms with Crippen molar-refractivity contribution in [2.24, 2.45) is 0 Å². The van der Waals surface area contributed by atoms with E-state index in [0.29, 0.717) is 0 Å². The first kappa shape index (κ1) is 15.5. The summed E-state index contributed by atoms with van der Waals surface area (Å²) < 4.78 is 1.01. The molecule has 18 heavy (non-hydrogen) atoms. The highest BCUT2D eigenvalue weighted by atomic mass is 32.2. The highest BCUT2D eigenvalue weighted by molar-refractivity contribution is 8.22. The van der Waals surface area contributed by atoms with Crippen LogP contribution in [0.1, 0.15) is 36.1 Å². The number of thioether (sulfide) groups is 1. The normalized spacial score (nSPS) is 10.5. The second-order valence-corrected chi connectivity index (χ2v) is 6.21. The lowest BCUT2D eigenvalue weighted by atomic mass is 10.0. The van der Waals surface area contributed by atoms with Crippen molar-refractivity contribution in [1.82, 2.24) is 4.90 Å². The molecular formula is C15H23NS2. The summed E-state index contributed by atoms with van der Waals surface area (Å²) >= 11 is 7.25. The summed E-state index contributed by atoms with van der Waals surface area (Å²) in [5, 5.41) is 0. The van der Waals surface area contributed by atoms with E-state index in [2.05, 4.69) is 51.7 Å². The lowest BCUT2D eigenvalue weighted by Crippen LogP contribution is -2.26. The van der Waals surface area contributed by atoms with Gasteiger partial charge in [-0.05, 0) is 51.3 Å². The molecule has 0 aliphatic heterocycles. The minimum atomic E-state index is 0.979. The Labute approximate surface area is 121 Å². The first-order valence-corrected chi connectivity index (χ1v) is 7.87. The molecule has 3 heteroatoms. The molecule has 0 spiro atoms. The van der Waals surface area contributed by atoms with Gasteiger partial charge >= 0.3 is 0 Å². The maximum absolute atomic E-state index is 5.47. The van der Waals surface area contributed by atoms with E-state index in [1.165, 1.54) is 22.3 Å². The van der Waals surface area contributed by atoms with Gasteiger partial charge in [0.25, 0.3) is 0 Å². The van der Waals surface area contributed by atoms with Crippen LogP contribution in [-0.4, -0.2) is 22.3 Å². The second kappa shape index (κ2) is 7.15. The van der Waals surface area contributed by atoms with Crippen molar-refractivity contribution in [3.8, 4) is 0 Å². The van der Waals surface area contributed by atoms with Gasteiger partial charge in [-0.25, -0.2) is 0 Å². The van der Waals surface area contributed by atoms with Crippen molar-refractivity contribution in [3.63, 3.8) is 0 Å². The Bertz CT molecular complexity index is 399. The summed E-state index contributed by atoms with van der Waals surface area (Å²) in [4.78, 5) is 2.23. The highest BCUT2D eigenvalue weighted by Crippen LogP contribution is 2.23. The standard InChI is InChI=1S/C15H23NS2/c1-6-16(7-2)15(17)18-10-14-12(4)8-11(3)9-13(14)5/h8-9H,6-7,10H2,1-5H3. The molecule has 100 valence electrons. The van der Waals surface area contributed by atoms with Gasteiger partial charge < -0.3 is 4.90 Å². The number of aryl methyl sites for hydroxylation is 3. The van der Waals surface area contributed by atoms with E-state index in [0.717, 1.165) is 23.2 Å². The fourth-order valence-electron chi connectivity index (χ4n) is 2.14. The van der Waals surface area contributed by atoms with Crippen molar-refractivity contribution >= 4 is 28.3 Å². The number of nitrogens with zero attached hydrogens (tertiary/aromatic N) is 1. The van der Waals surface area contributed by atoms with Gasteiger partial charge in [0.1, 0.15) is 4.32 Å². The Hall–Kier alpha value is -0.540. The average molecular weight is 281 g/mol. The van der Waals surface area contributed by atoms with E-state index in [4.69, 9.17) is 12.2 Å². The monoisotopic (exact) mass is 281 g/mol. The molecule has 0 aliphatic rings. The van der Waals surface area contributed by atoms with Crippen molar-refractivity contribution < 1.29 is 0 Å². The van der Waals surface area contributed by atoms with E-state index in [-0.39, 0.29) is 0 Å². The van der Waals surface area contributed by atoms with Crippen molar-refractivity contribution in [2.45, 2.75) is 40.4 Å². The van der Waals surface area contributed by atoms with E-state index in [9.17, 15) is 0 Å². The molecule has 0 bridgehead atoms. The maximum Gasteiger partial charge on any atom is 0.136 e. The van der Waals surface area contributed by atoms with Crippen LogP contribution < -0.4 is 0 Å². The molecule has 0 saturated heterocycles. The third-order valence-electron chi connectivity index (χ3n) is 3.20. The Morgan fingerprint density at radius 3 is 2.06 bits per heavy atom. The minimum Gasteiger partial charge on any atom is -0.358 e.